The monoisotopic (exact) mass is 344 g/mol. The van der Waals surface area contributed by atoms with Gasteiger partial charge in [0.1, 0.15) is 0 Å². The van der Waals surface area contributed by atoms with Crippen molar-refractivity contribution in [2.75, 3.05) is 0 Å². The van der Waals surface area contributed by atoms with E-state index in [-0.39, 0.29) is 11.3 Å². The molecule has 0 nitrogen and oxygen atoms in total. The highest BCUT2D eigenvalue weighted by Gasteiger charge is 2.39. The van der Waals surface area contributed by atoms with E-state index in [0.717, 1.165) is 19.3 Å². The molecular weight excluding hydrogens is 314 g/mol. The van der Waals surface area contributed by atoms with Gasteiger partial charge in [0.05, 0.1) is 0 Å². The Balaban J connectivity index is 1.74. The molecule has 0 aromatic heterocycles. The van der Waals surface area contributed by atoms with E-state index in [2.05, 4.69) is 55.5 Å². The van der Waals surface area contributed by atoms with Crippen molar-refractivity contribution in [3.05, 3.63) is 60.2 Å². The van der Waals surface area contributed by atoms with Gasteiger partial charge in [-0.05, 0) is 43.6 Å². The van der Waals surface area contributed by atoms with Crippen molar-refractivity contribution in [1.29, 1.82) is 0 Å². The van der Waals surface area contributed by atoms with E-state index in [1.54, 1.807) is 0 Å². The van der Waals surface area contributed by atoms with Gasteiger partial charge < -0.3 is 0 Å². The Hall–Kier alpha value is -1.44. The lowest BCUT2D eigenvalue weighted by Crippen LogP contribution is -2.33. The quantitative estimate of drug-likeness (QED) is 0.481. The molecule has 0 N–H and O–H groups in total. The molecule has 3 rings (SSSR count). The van der Waals surface area contributed by atoms with Crippen molar-refractivity contribution in [3.63, 3.8) is 0 Å². The fourth-order valence-electron chi connectivity index (χ4n) is 4.62. The van der Waals surface area contributed by atoms with Crippen LogP contribution in [0, 0.1) is 17.3 Å². The molecule has 1 saturated carbocycles. The first-order chi connectivity index (χ1) is 12.1. The van der Waals surface area contributed by atoms with Crippen molar-refractivity contribution in [2.45, 2.75) is 64.2 Å². The van der Waals surface area contributed by atoms with Crippen LogP contribution in [0.4, 0.5) is 8.78 Å². The van der Waals surface area contributed by atoms with E-state index in [1.165, 1.54) is 18.4 Å². The van der Waals surface area contributed by atoms with Gasteiger partial charge in [0.15, 0.2) is 0 Å². The van der Waals surface area contributed by atoms with Crippen LogP contribution in [0.15, 0.2) is 54.6 Å². The number of benzene rings is 1. The smallest absolute Gasteiger partial charge is 0.210 e. The number of hydrogen-bond donors (Lipinski definition) is 0. The van der Waals surface area contributed by atoms with Crippen molar-refractivity contribution in [3.8, 4) is 0 Å². The molecule has 0 radical (unpaired) electrons. The third-order valence-electron chi connectivity index (χ3n) is 6.26. The van der Waals surface area contributed by atoms with Crippen molar-refractivity contribution >= 4 is 0 Å². The molecule has 0 amide bonds. The van der Waals surface area contributed by atoms with Gasteiger partial charge in [0.2, 0.25) is 6.43 Å². The standard InChI is InChI=1S/C23H30F2/c1-2-3-15-23(21-11-9-20(10-12-21)22(24)25)16-13-19(14-17-23)18-7-5-4-6-8-18/h4-8,13-14,16-17,19-22H,2-3,9-12,15H2,1H3/t19?,20-,21-,23?. The zero-order valence-corrected chi connectivity index (χ0v) is 15.2. The summed E-state index contributed by atoms with van der Waals surface area (Å²) in [7, 11) is 0. The minimum absolute atomic E-state index is 0.0778. The van der Waals surface area contributed by atoms with Gasteiger partial charge in [-0.15, -0.1) is 0 Å². The maximum Gasteiger partial charge on any atom is 0.241 e. The average molecular weight is 344 g/mol. The largest absolute Gasteiger partial charge is 0.241 e. The highest BCUT2D eigenvalue weighted by atomic mass is 19.3. The molecular formula is C23H30F2. The molecule has 0 heterocycles. The molecule has 136 valence electrons. The Bertz CT molecular complexity index is 565. The van der Waals surface area contributed by atoms with E-state index in [0.29, 0.717) is 24.7 Å². The molecule has 0 unspecified atom stereocenters. The molecule has 0 atom stereocenters. The zero-order chi connectivity index (χ0) is 17.7. The Kier molecular flexibility index (Phi) is 6.09. The molecule has 0 spiro atoms. The number of unbranched alkanes of at least 4 members (excludes halogenated alkanes) is 1. The second-order valence-electron chi connectivity index (χ2n) is 7.82. The fraction of sp³-hybridized carbons (Fsp3) is 0.565. The third-order valence-corrected chi connectivity index (χ3v) is 6.26. The fourth-order valence-corrected chi connectivity index (χ4v) is 4.62. The highest BCUT2D eigenvalue weighted by molar-refractivity contribution is 5.34. The first-order valence-corrected chi connectivity index (χ1v) is 9.86. The van der Waals surface area contributed by atoms with E-state index in [9.17, 15) is 8.78 Å². The third kappa shape index (κ3) is 4.22. The van der Waals surface area contributed by atoms with Gasteiger partial charge in [-0.2, -0.15) is 0 Å². The predicted molar refractivity (Wildman–Crippen MR) is 101 cm³/mol. The average Bonchev–Trinajstić information content (AvgIpc) is 2.67. The van der Waals surface area contributed by atoms with Crippen LogP contribution in [0.3, 0.4) is 0 Å². The van der Waals surface area contributed by atoms with Crippen LogP contribution in [0.1, 0.15) is 63.4 Å². The zero-order valence-electron chi connectivity index (χ0n) is 15.2. The Labute approximate surface area is 151 Å². The maximum atomic E-state index is 13.0. The molecule has 2 aliphatic rings. The molecule has 1 aromatic rings. The van der Waals surface area contributed by atoms with E-state index in [4.69, 9.17) is 0 Å². The number of allylic oxidation sites excluding steroid dienone is 4. The summed E-state index contributed by atoms with van der Waals surface area (Å²) in [6.07, 6.45) is 14.1. The van der Waals surface area contributed by atoms with E-state index < -0.39 is 6.43 Å². The summed E-state index contributed by atoms with van der Waals surface area (Å²) >= 11 is 0. The van der Waals surface area contributed by atoms with Crippen molar-refractivity contribution in [2.24, 2.45) is 17.3 Å². The molecule has 1 aromatic carbocycles. The van der Waals surface area contributed by atoms with E-state index in [1.807, 2.05) is 6.07 Å². The first-order valence-electron chi connectivity index (χ1n) is 9.86. The van der Waals surface area contributed by atoms with Crippen molar-refractivity contribution < 1.29 is 8.78 Å². The lowest BCUT2D eigenvalue weighted by atomic mass is 9.62. The van der Waals surface area contributed by atoms with E-state index >= 15 is 0 Å². The van der Waals surface area contributed by atoms with Gasteiger partial charge in [-0.3, -0.25) is 0 Å². The van der Waals surface area contributed by atoms with Crippen molar-refractivity contribution in [1.82, 2.24) is 0 Å². The summed E-state index contributed by atoms with van der Waals surface area (Å²) in [6, 6.07) is 10.6. The van der Waals surface area contributed by atoms with Crippen LogP contribution in [-0.4, -0.2) is 6.43 Å². The Morgan fingerprint density at radius 1 is 1.00 bits per heavy atom. The van der Waals surface area contributed by atoms with Crippen LogP contribution in [-0.2, 0) is 0 Å². The highest BCUT2D eigenvalue weighted by Crippen LogP contribution is 2.49. The molecule has 1 fully saturated rings. The minimum atomic E-state index is -2.15. The SMILES string of the molecule is CCCCC1([C@H]2CC[C@H](C(F)F)CC2)C=CC(c2ccccc2)C=C1. The summed E-state index contributed by atoms with van der Waals surface area (Å²) < 4.78 is 26.0. The first kappa shape index (κ1) is 18.4. The topological polar surface area (TPSA) is 0 Å². The van der Waals surface area contributed by atoms with Gasteiger partial charge in [0, 0.05) is 17.3 Å². The van der Waals surface area contributed by atoms with Crippen LogP contribution < -0.4 is 0 Å². The van der Waals surface area contributed by atoms with Gasteiger partial charge in [0.25, 0.3) is 0 Å². The molecule has 0 saturated heterocycles. The molecule has 0 aliphatic heterocycles. The summed E-state index contributed by atoms with van der Waals surface area (Å²) in [4.78, 5) is 0. The predicted octanol–water partition coefficient (Wildman–Crippen LogP) is 7.14. The van der Waals surface area contributed by atoms with Crippen LogP contribution >= 0.6 is 0 Å². The number of alkyl halides is 2. The van der Waals surface area contributed by atoms with Gasteiger partial charge in [-0.25, -0.2) is 8.78 Å². The van der Waals surface area contributed by atoms with Gasteiger partial charge >= 0.3 is 0 Å². The number of rotatable bonds is 6. The lowest BCUT2D eigenvalue weighted by molar-refractivity contribution is 0.0345. The lowest BCUT2D eigenvalue weighted by Gasteiger charge is -2.42. The summed E-state index contributed by atoms with van der Waals surface area (Å²) in [5.74, 6) is 0.472. The summed E-state index contributed by atoms with van der Waals surface area (Å²) in [6.45, 7) is 2.23. The maximum absolute atomic E-state index is 13.0. The number of hydrogen-bond acceptors (Lipinski definition) is 0. The second kappa shape index (κ2) is 8.29. The molecule has 2 aliphatic carbocycles. The van der Waals surface area contributed by atoms with Crippen LogP contribution in [0.5, 0.6) is 0 Å². The van der Waals surface area contributed by atoms with Crippen LogP contribution in [0.25, 0.3) is 0 Å². The second-order valence-corrected chi connectivity index (χ2v) is 7.82. The Morgan fingerprint density at radius 2 is 1.64 bits per heavy atom. The van der Waals surface area contributed by atoms with Crippen LogP contribution in [0.2, 0.25) is 0 Å². The number of halogens is 2. The molecule has 25 heavy (non-hydrogen) atoms. The summed E-state index contributed by atoms with van der Waals surface area (Å²) in [5, 5.41) is 0. The molecule has 2 heteroatoms. The minimum Gasteiger partial charge on any atom is -0.210 e. The Morgan fingerprint density at radius 3 is 2.20 bits per heavy atom. The normalized spacial score (nSPS) is 32.2. The molecule has 0 bridgehead atoms. The van der Waals surface area contributed by atoms with Gasteiger partial charge in [-0.1, -0.05) is 74.4 Å². The summed E-state index contributed by atoms with van der Waals surface area (Å²) in [5.41, 5.74) is 1.40.